The maximum Gasteiger partial charge on any atom is 0.349 e. The molecule has 0 fully saturated rings. The monoisotopic (exact) mass is 905 g/mol. The summed E-state index contributed by atoms with van der Waals surface area (Å²) in [5.41, 5.74) is 10.3. The van der Waals surface area contributed by atoms with E-state index in [-0.39, 0.29) is 24.7 Å². The number of nitrogens with one attached hydrogen (secondary N) is 4. The molecule has 0 saturated carbocycles. The Morgan fingerprint density at radius 3 is 2.18 bits per heavy atom. The fourth-order valence-electron chi connectivity index (χ4n) is 8.35. The van der Waals surface area contributed by atoms with Crippen LogP contribution in [0.15, 0.2) is 116 Å². The van der Waals surface area contributed by atoms with Gasteiger partial charge in [-0.2, -0.15) is 10.2 Å². The molecular formula is C50H43F2N16+. The highest BCUT2D eigenvalue weighted by Gasteiger charge is 2.25. The molecule has 68 heavy (non-hydrogen) atoms. The van der Waals surface area contributed by atoms with Gasteiger partial charge in [0.25, 0.3) is 5.65 Å². The summed E-state index contributed by atoms with van der Waals surface area (Å²) in [7, 11) is 3.73. The lowest BCUT2D eigenvalue weighted by atomic mass is 10.0. The summed E-state index contributed by atoms with van der Waals surface area (Å²) in [6.45, 7) is 6.65. The molecule has 3 aromatic carbocycles. The highest BCUT2D eigenvalue weighted by atomic mass is 19.1. The first-order valence-electron chi connectivity index (χ1n) is 21.9. The molecule has 0 amide bonds. The molecule has 0 unspecified atom stereocenters. The zero-order chi connectivity index (χ0) is 46.6. The van der Waals surface area contributed by atoms with Crippen molar-refractivity contribution in [1.82, 2.24) is 64.5 Å². The van der Waals surface area contributed by atoms with Gasteiger partial charge in [0, 0.05) is 73.3 Å². The van der Waals surface area contributed by atoms with Crippen LogP contribution in [0, 0.1) is 18.6 Å². The lowest BCUT2D eigenvalue weighted by Crippen LogP contribution is -2.39. The van der Waals surface area contributed by atoms with E-state index in [1.54, 1.807) is 35.4 Å². The van der Waals surface area contributed by atoms with Crippen LogP contribution in [-0.4, -0.2) is 64.5 Å². The van der Waals surface area contributed by atoms with Crippen molar-refractivity contribution in [2.24, 2.45) is 14.1 Å². The van der Waals surface area contributed by atoms with Gasteiger partial charge in [0.2, 0.25) is 0 Å². The van der Waals surface area contributed by atoms with E-state index in [9.17, 15) is 0 Å². The molecule has 0 saturated heterocycles. The molecule has 0 atom stereocenters. The number of aromatic nitrogens is 14. The second-order valence-corrected chi connectivity index (χ2v) is 17.1. The predicted octanol–water partition coefficient (Wildman–Crippen LogP) is 8.91. The normalized spacial score (nSPS) is 11.7. The Morgan fingerprint density at radius 2 is 1.44 bits per heavy atom. The zero-order valence-electron chi connectivity index (χ0n) is 37.6. The molecule has 0 aliphatic heterocycles. The number of halogens is 2. The van der Waals surface area contributed by atoms with Gasteiger partial charge in [-0.05, 0) is 76.5 Å². The predicted molar refractivity (Wildman–Crippen MR) is 255 cm³/mol. The van der Waals surface area contributed by atoms with Gasteiger partial charge in [-0.15, -0.1) is 9.78 Å². The summed E-state index contributed by atoms with van der Waals surface area (Å²) in [4.78, 5) is 35.2. The Balaban J connectivity index is 0.913. The van der Waals surface area contributed by atoms with E-state index in [2.05, 4.69) is 76.8 Å². The summed E-state index contributed by atoms with van der Waals surface area (Å²) in [5.74, 6) is 2.46. The van der Waals surface area contributed by atoms with Gasteiger partial charge in [0.15, 0.2) is 5.65 Å². The van der Waals surface area contributed by atoms with Crippen molar-refractivity contribution in [3.63, 3.8) is 0 Å². The molecule has 18 heteroatoms. The van der Waals surface area contributed by atoms with Crippen LogP contribution in [0.1, 0.15) is 42.0 Å². The lowest BCUT2D eigenvalue weighted by Gasteiger charge is -2.12. The number of pyridine rings is 2. The van der Waals surface area contributed by atoms with Crippen molar-refractivity contribution < 1.29 is 13.5 Å². The second kappa shape index (κ2) is 16.9. The minimum absolute atomic E-state index is 0.210. The summed E-state index contributed by atoms with van der Waals surface area (Å²) >= 11 is 0. The van der Waals surface area contributed by atoms with Gasteiger partial charge < -0.3 is 20.6 Å². The third-order valence-corrected chi connectivity index (χ3v) is 12.0. The highest BCUT2D eigenvalue weighted by Crippen LogP contribution is 2.33. The highest BCUT2D eigenvalue weighted by molar-refractivity contribution is 5.93. The van der Waals surface area contributed by atoms with Gasteiger partial charge >= 0.3 is 5.82 Å². The molecule has 0 radical (unpaired) electrons. The Labute approximate surface area is 387 Å². The molecular weight excluding hydrogens is 863 g/mol. The molecule has 8 aromatic heterocycles. The number of nitrogens with zero attached hydrogens (tertiary/aromatic N) is 12. The van der Waals surface area contributed by atoms with Crippen LogP contribution in [0.25, 0.3) is 84.1 Å². The van der Waals surface area contributed by atoms with Crippen molar-refractivity contribution in [1.29, 1.82) is 0 Å². The molecule has 0 bridgehead atoms. The number of benzene rings is 3. The first kappa shape index (κ1) is 41.9. The minimum Gasteiger partial charge on any atom is -0.365 e. The number of aromatic amines is 2. The molecule has 11 rings (SSSR count). The van der Waals surface area contributed by atoms with E-state index in [1.807, 2.05) is 85.4 Å². The van der Waals surface area contributed by atoms with Crippen molar-refractivity contribution >= 4 is 44.9 Å². The van der Waals surface area contributed by atoms with Gasteiger partial charge in [0.05, 0.1) is 35.2 Å². The van der Waals surface area contributed by atoms with Crippen LogP contribution >= 0.6 is 0 Å². The zero-order valence-corrected chi connectivity index (χ0v) is 37.6. The number of hydrogen-bond donors (Lipinski definition) is 4. The van der Waals surface area contributed by atoms with Crippen LogP contribution < -0.4 is 15.3 Å². The number of fused-ring (bicyclic) bond motifs is 3. The van der Waals surface area contributed by atoms with E-state index in [4.69, 9.17) is 15.0 Å². The van der Waals surface area contributed by atoms with Gasteiger partial charge in [-0.25, -0.2) is 38.4 Å². The maximum atomic E-state index is 16.3. The molecule has 16 nitrogen and oxygen atoms in total. The SMILES string of the molecule is Cc1cnnc(NCc2ccc(-c3ccnc4[nH]c(-c5cn(C)[n+](-c6cc(-c7ccc(CNc8ncnc9ccc(C(C)C)cc89)c(F)c7)c7nc(-c8cnn(C)c8)[nH]c7n6)c5)nc34)cc2F)c1. The summed E-state index contributed by atoms with van der Waals surface area (Å²) in [6.07, 6.45) is 12.3. The topological polar surface area (TPSA) is 185 Å². The molecule has 0 aliphatic carbocycles. The van der Waals surface area contributed by atoms with Crippen LogP contribution in [0.4, 0.5) is 20.4 Å². The Hall–Kier alpha value is -8.80. The number of anilines is 2. The van der Waals surface area contributed by atoms with Crippen molar-refractivity contribution in [2.45, 2.75) is 39.8 Å². The molecule has 4 N–H and O–H groups in total. The van der Waals surface area contributed by atoms with Crippen LogP contribution in [0.5, 0.6) is 0 Å². The van der Waals surface area contributed by atoms with Crippen molar-refractivity contribution in [3.05, 3.63) is 150 Å². The Morgan fingerprint density at radius 1 is 0.706 bits per heavy atom. The smallest absolute Gasteiger partial charge is 0.349 e. The quantitative estimate of drug-likeness (QED) is 0.0859. The van der Waals surface area contributed by atoms with Crippen molar-refractivity contribution in [3.8, 4) is 50.8 Å². The Bertz CT molecular complexity index is 3720. The maximum absolute atomic E-state index is 16.3. The van der Waals surface area contributed by atoms with E-state index < -0.39 is 0 Å². The number of H-pyrrole nitrogens is 2. The van der Waals surface area contributed by atoms with Crippen LogP contribution in [-0.2, 0) is 27.2 Å². The second-order valence-electron chi connectivity index (χ2n) is 17.1. The summed E-state index contributed by atoms with van der Waals surface area (Å²) in [6, 6.07) is 22.1. The number of imidazole rings is 2. The first-order chi connectivity index (χ1) is 33.0. The number of hydrogen-bond acceptors (Lipinski definition) is 11. The Kier molecular flexibility index (Phi) is 10.4. The fourth-order valence-corrected chi connectivity index (χ4v) is 8.35. The van der Waals surface area contributed by atoms with E-state index >= 15 is 8.78 Å². The third-order valence-electron chi connectivity index (χ3n) is 12.0. The van der Waals surface area contributed by atoms with E-state index in [1.165, 1.54) is 24.0 Å². The van der Waals surface area contributed by atoms with Gasteiger partial charge in [-0.3, -0.25) is 4.68 Å². The average Bonchev–Trinajstić information content (AvgIpc) is 4.16. The van der Waals surface area contributed by atoms with E-state index in [0.29, 0.717) is 85.2 Å². The standard InChI is InChI=1S/C50H43F2N16/c1-27(2)29-10-11-41-38(15-29)48(57-26-56-41)55-21-33-9-7-31(17-40(33)52)37-18-43(60-50-45(37)62-46(64-50)34-22-59-66(4)23-34)68-25-35(24-67(68)5)47-61-44-36(12-13-53-49(44)63-47)30-6-8-32(39(51)16-30)20-54-42-14-28(3)19-58-65-42/h6-19,22-27H,20-21H2,1-5H3,(H,54,65)(H,53,61,63)(H,55,56,57)(H,60,62,64)/q+1. The van der Waals surface area contributed by atoms with Crippen LogP contribution in [0.3, 0.4) is 0 Å². The number of rotatable bonds is 12. The lowest BCUT2D eigenvalue weighted by molar-refractivity contribution is -0.685. The summed E-state index contributed by atoms with van der Waals surface area (Å²) in [5, 5.41) is 19.7. The van der Waals surface area contributed by atoms with Crippen LogP contribution in [0.2, 0.25) is 0 Å². The molecule has 0 spiro atoms. The summed E-state index contributed by atoms with van der Waals surface area (Å²) < 4.78 is 37.3. The first-order valence-corrected chi connectivity index (χ1v) is 21.9. The fraction of sp³-hybridized carbons (Fsp3) is 0.160. The molecule has 8 heterocycles. The van der Waals surface area contributed by atoms with E-state index in [0.717, 1.165) is 33.2 Å². The molecule has 11 aromatic rings. The average molecular weight is 906 g/mol. The van der Waals surface area contributed by atoms with Gasteiger partial charge in [0.1, 0.15) is 58.5 Å². The molecule has 0 aliphatic rings. The number of aryl methyl sites for hydroxylation is 3. The molecule has 336 valence electrons. The van der Waals surface area contributed by atoms with Gasteiger partial charge in [-0.1, -0.05) is 44.2 Å². The minimum atomic E-state index is -0.387. The largest absolute Gasteiger partial charge is 0.365 e. The third kappa shape index (κ3) is 7.90. The van der Waals surface area contributed by atoms with Crippen molar-refractivity contribution in [2.75, 3.05) is 10.6 Å².